The Morgan fingerprint density at radius 1 is 1.25 bits per heavy atom. The van der Waals surface area contributed by atoms with E-state index in [0.717, 1.165) is 18.6 Å². The summed E-state index contributed by atoms with van der Waals surface area (Å²) in [5.41, 5.74) is -0.0388. The third kappa shape index (κ3) is 1.56. The monoisotopic (exact) mass is 182 g/mol. The van der Waals surface area contributed by atoms with Crippen molar-refractivity contribution in [2.24, 2.45) is 0 Å². The van der Waals surface area contributed by atoms with Crippen molar-refractivity contribution in [1.29, 1.82) is 0 Å². The first-order valence-corrected chi connectivity index (χ1v) is 4.68. The lowest BCUT2D eigenvalue weighted by molar-refractivity contribution is 0.204. The van der Waals surface area contributed by atoms with Crippen LogP contribution in [0, 0.1) is 0 Å². The van der Waals surface area contributed by atoms with Crippen molar-refractivity contribution >= 4 is 11.6 Å². The second-order valence-corrected chi connectivity index (χ2v) is 3.50. The molecular formula is C10H11ClO. The first-order valence-electron chi connectivity index (χ1n) is 4.15. The van der Waals surface area contributed by atoms with Gasteiger partial charge < -0.3 is 4.74 Å². The molecule has 1 aliphatic carbocycles. The van der Waals surface area contributed by atoms with E-state index >= 15 is 0 Å². The molecule has 0 atom stereocenters. The Kier molecular flexibility index (Phi) is 1.97. The molecule has 2 heteroatoms. The Labute approximate surface area is 77.3 Å². The molecule has 1 aliphatic rings. The number of hydrogen-bond donors (Lipinski definition) is 0. The molecule has 1 saturated carbocycles. The summed E-state index contributed by atoms with van der Waals surface area (Å²) < 4.78 is 5.73. The predicted octanol–water partition coefficient (Wildman–Crippen LogP) is 2.84. The lowest BCUT2D eigenvalue weighted by Gasteiger charge is -2.14. The fourth-order valence-corrected chi connectivity index (χ4v) is 1.46. The molecule has 0 heterocycles. The van der Waals surface area contributed by atoms with Crippen LogP contribution in [0.2, 0.25) is 0 Å². The molecule has 0 radical (unpaired) electrons. The molecule has 1 nitrogen and oxygen atoms in total. The van der Waals surface area contributed by atoms with E-state index < -0.39 is 0 Å². The van der Waals surface area contributed by atoms with Crippen LogP contribution in [0.5, 0.6) is 5.75 Å². The number of para-hydroxylation sites is 1. The molecule has 0 aliphatic heterocycles. The minimum atomic E-state index is -0.0388. The zero-order valence-electron chi connectivity index (χ0n) is 6.79. The van der Waals surface area contributed by atoms with Gasteiger partial charge in [-0.15, -0.1) is 11.6 Å². The fourth-order valence-electron chi connectivity index (χ4n) is 1.14. The number of ether oxygens (including phenoxy) is 1. The van der Waals surface area contributed by atoms with E-state index in [4.69, 9.17) is 16.3 Å². The Hall–Kier alpha value is -0.690. The molecule has 1 aromatic rings. The van der Waals surface area contributed by atoms with Crippen molar-refractivity contribution in [2.45, 2.75) is 18.4 Å². The average molecular weight is 183 g/mol. The van der Waals surface area contributed by atoms with E-state index in [9.17, 15) is 0 Å². The second-order valence-electron chi connectivity index (χ2n) is 3.23. The zero-order chi connectivity index (χ0) is 8.44. The fraction of sp³-hybridized carbons (Fsp3) is 0.400. The standard InChI is InChI=1S/C10H11ClO/c11-8-10(6-7-10)12-9-4-2-1-3-5-9/h1-5H,6-8H2. The number of rotatable bonds is 3. The maximum atomic E-state index is 5.78. The Bertz CT molecular complexity index is 254. The maximum Gasteiger partial charge on any atom is 0.123 e. The molecule has 0 unspecified atom stereocenters. The van der Waals surface area contributed by atoms with Gasteiger partial charge in [0.15, 0.2) is 0 Å². The van der Waals surface area contributed by atoms with Crippen LogP contribution >= 0.6 is 11.6 Å². The van der Waals surface area contributed by atoms with Crippen molar-refractivity contribution in [3.63, 3.8) is 0 Å². The van der Waals surface area contributed by atoms with E-state index in [1.807, 2.05) is 30.3 Å². The van der Waals surface area contributed by atoms with Gasteiger partial charge in [-0.1, -0.05) is 18.2 Å². The molecule has 1 fully saturated rings. The normalized spacial score (nSPS) is 18.8. The van der Waals surface area contributed by atoms with Crippen molar-refractivity contribution in [2.75, 3.05) is 5.88 Å². The van der Waals surface area contributed by atoms with E-state index in [0.29, 0.717) is 5.88 Å². The Morgan fingerprint density at radius 3 is 2.42 bits per heavy atom. The van der Waals surface area contributed by atoms with Crippen LogP contribution in [0.25, 0.3) is 0 Å². The highest BCUT2D eigenvalue weighted by molar-refractivity contribution is 6.18. The van der Waals surface area contributed by atoms with E-state index in [1.54, 1.807) is 0 Å². The summed E-state index contributed by atoms with van der Waals surface area (Å²) >= 11 is 5.78. The van der Waals surface area contributed by atoms with Gasteiger partial charge in [0.1, 0.15) is 11.4 Å². The molecule has 0 aromatic heterocycles. The van der Waals surface area contributed by atoms with Crippen LogP contribution in [0.3, 0.4) is 0 Å². The number of hydrogen-bond acceptors (Lipinski definition) is 1. The summed E-state index contributed by atoms with van der Waals surface area (Å²) in [5.74, 6) is 1.53. The van der Waals surface area contributed by atoms with Crippen molar-refractivity contribution in [3.8, 4) is 5.75 Å². The number of alkyl halides is 1. The van der Waals surface area contributed by atoms with Crippen LogP contribution < -0.4 is 4.74 Å². The Balaban J connectivity index is 2.04. The van der Waals surface area contributed by atoms with Crippen LogP contribution in [0.15, 0.2) is 30.3 Å². The summed E-state index contributed by atoms with van der Waals surface area (Å²) in [6, 6.07) is 9.85. The largest absolute Gasteiger partial charge is 0.486 e. The van der Waals surface area contributed by atoms with Gasteiger partial charge in [-0.3, -0.25) is 0 Å². The van der Waals surface area contributed by atoms with E-state index in [1.165, 1.54) is 0 Å². The molecule has 0 saturated heterocycles. The van der Waals surface area contributed by atoms with E-state index in [-0.39, 0.29) is 5.60 Å². The third-order valence-electron chi connectivity index (χ3n) is 2.13. The van der Waals surface area contributed by atoms with Crippen molar-refractivity contribution in [1.82, 2.24) is 0 Å². The highest BCUT2D eigenvalue weighted by Gasteiger charge is 2.44. The smallest absolute Gasteiger partial charge is 0.123 e. The molecule has 2 rings (SSSR count). The first-order chi connectivity index (χ1) is 5.85. The predicted molar refractivity (Wildman–Crippen MR) is 49.8 cm³/mol. The topological polar surface area (TPSA) is 9.23 Å². The van der Waals surface area contributed by atoms with Gasteiger partial charge in [-0.2, -0.15) is 0 Å². The number of benzene rings is 1. The van der Waals surface area contributed by atoms with Gasteiger partial charge >= 0.3 is 0 Å². The molecule has 64 valence electrons. The molecule has 0 amide bonds. The average Bonchev–Trinajstić information content (AvgIpc) is 2.88. The molecule has 1 aromatic carbocycles. The molecule has 0 spiro atoms. The SMILES string of the molecule is ClCC1(Oc2ccccc2)CC1. The Morgan fingerprint density at radius 2 is 1.92 bits per heavy atom. The molecule has 0 bridgehead atoms. The van der Waals surface area contributed by atoms with Crippen molar-refractivity contribution < 1.29 is 4.74 Å². The summed E-state index contributed by atoms with van der Waals surface area (Å²) in [6.45, 7) is 0. The van der Waals surface area contributed by atoms with Crippen molar-refractivity contribution in [3.05, 3.63) is 30.3 Å². The quantitative estimate of drug-likeness (QED) is 0.654. The lowest BCUT2D eigenvalue weighted by atomic mass is 10.3. The van der Waals surface area contributed by atoms with Gasteiger partial charge in [-0.05, 0) is 25.0 Å². The summed E-state index contributed by atoms with van der Waals surface area (Å²) in [7, 11) is 0. The first kappa shape index (κ1) is 7.93. The van der Waals surface area contributed by atoms with E-state index in [2.05, 4.69) is 0 Å². The van der Waals surface area contributed by atoms with Gasteiger partial charge in [0.2, 0.25) is 0 Å². The highest BCUT2D eigenvalue weighted by atomic mass is 35.5. The minimum absolute atomic E-state index is 0.0388. The third-order valence-corrected chi connectivity index (χ3v) is 2.62. The van der Waals surface area contributed by atoms with Crippen LogP contribution in [-0.2, 0) is 0 Å². The molecular weight excluding hydrogens is 172 g/mol. The summed E-state index contributed by atoms with van der Waals surface area (Å²) in [5, 5.41) is 0. The van der Waals surface area contributed by atoms with Gasteiger partial charge in [0.25, 0.3) is 0 Å². The highest BCUT2D eigenvalue weighted by Crippen LogP contribution is 2.40. The summed E-state index contributed by atoms with van der Waals surface area (Å²) in [6.07, 6.45) is 2.18. The zero-order valence-corrected chi connectivity index (χ0v) is 7.55. The molecule has 12 heavy (non-hydrogen) atoms. The van der Waals surface area contributed by atoms with Crippen LogP contribution in [0.1, 0.15) is 12.8 Å². The minimum Gasteiger partial charge on any atom is -0.486 e. The second kappa shape index (κ2) is 2.98. The van der Waals surface area contributed by atoms with Crippen LogP contribution in [0.4, 0.5) is 0 Å². The summed E-state index contributed by atoms with van der Waals surface area (Å²) in [4.78, 5) is 0. The maximum absolute atomic E-state index is 5.78. The van der Waals surface area contributed by atoms with Gasteiger partial charge in [-0.25, -0.2) is 0 Å². The molecule has 0 N–H and O–H groups in total. The lowest BCUT2D eigenvalue weighted by Crippen LogP contribution is -2.19. The number of halogens is 1. The van der Waals surface area contributed by atoms with Crippen LogP contribution in [-0.4, -0.2) is 11.5 Å². The van der Waals surface area contributed by atoms with Gasteiger partial charge in [0.05, 0.1) is 5.88 Å². The van der Waals surface area contributed by atoms with Gasteiger partial charge in [0, 0.05) is 0 Å².